The van der Waals surface area contributed by atoms with E-state index in [0.29, 0.717) is 28.7 Å². The van der Waals surface area contributed by atoms with Crippen molar-refractivity contribution in [3.63, 3.8) is 0 Å². The fourth-order valence-corrected chi connectivity index (χ4v) is 2.83. The van der Waals surface area contributed by atoms with Gasteiger partial charge >= 0.3 is 0 Å². The second-order valence-electron chi connectivity index (χ2n) is 5.28. The van der Waals surface area contributed by atoms with Crippen LogP contribution in [0.4, 0.5) is 5.69 Å². The Kier molecular flexibility index (Phi) is 3.55. The third-order valence-corrected chi connectivity index (χ3v) is 4.13. The van der Waals surface area contributed by atoms with Crippen LogP contribution in [0.2, 0.25) is 0 Å². The molecule has 0 saturated heterocycles. The Balaban J connectivity index is 1.98. The first-order chi connectivity index (χ1) is 10.2. The van der Waals surface area contributed by atoms with Gasteiger partial charge in [-0.1, -0.05) is 5.16 Å². The van der Waals surface area contributed by atoms with Crippen molar-refractivity contribution in [2.45, 2.75) is 31.3 Å². The number of aromatic nitrogens is 2. The van der Waals surface area contributed by atoms with Gasteiger partial charge in [0.15, 0.2) is 0 Å². The van der Waals surface area contributed by atoms with Gasteiger partial charge < -0.3 is 19.7 Å². The molecule has 1 aromatic carbocycles. The van der Waals surface area contributed by atoms with E-state index in [2.05, 4.69) is 10.1 Å². The minimum absolute atomic E-state index is 0.393. The Labute approximate surface area is 123 Å². The number of hydrogen-bond donors (Lipinski definition) is 1. The molecule has 112 valence electrons. The summed E-state index contributed by atoms with van der Waals surface area (Å²) in [7, 11) is 3.30. The molecule has 1 fully saturated rings. The largest absolute Gasteiger partial charge is 0.497 e. The first kappa shape index (κ1) is 13.9. The highest BCUT2D eigenvalue weighted by Gasteiger charge is 2.40. The summed E-state index contributed by atoms with van der Waals surface area (Å²) in [6, 6.07) is 5.35. The van der Waals surface area contributed by atoms with Gasteiger partial charge in [-0.05, 0) is 43.9 Å². The fraction of sp³-hybridized carbons (Fsp3) is 0.467. The van der Waals surface area contributed by atoms with Crippen LogP contribution >= 0.6 is 0 Å². The van der Waals surface area contributed by atoms with Crippen LogP contribution in [0, 0.1) is 0 Å². The van der Waals surface area contributed by atoms with E-state index >= 15 is 0 Å². The smallest absolute Gasteiger partial charge is 0.260 e. The third-order valence-electron chi connectivity index (χ3n) is 4.13. The molecule has 6 nitrogen and oxygen atoms in total. The molecule has 6 heteroatoms. The molecule has 3 rings (SSSR count). The van der Waals surface area contributed by atoms with Gasteiger partial charge in [0.25, 0.3) is 5.89 Å². The second-order valence-corrected chi connectivity index (χ2v) is 5.28. The summed E-state index contributed by atoms with van der Waals surface area (Å²) >= 11 is 0. The highest BCUT2D eigenvalue weighted by molar-refractivity contribution is 5.72. The van der Waals surface area contributed by atoms with Crippen molar-refractivity contribution >= 4 is 5.69 Å². The van der Waals surface area contributed by atoms with Crippen molar-refractivity contribution in [2.24, 2.45) is 0 Å². The lowest BCUT2D eigenvalue weighted by molar-refractivity contribution is -0.0178. The molecule has 0 bridgehead atoms. The molecular weight excluding hydrogens is 270 g/mol. The third kappa shape index (κ3) is 2.35. The average molecular weight is 289 g/mol. The van der Waals surface area contributed by atoms with Gasteiger partial charge in [-0.2, -0.15) is 4.98 Å². The summed E-state index contributed by atoms with van der Waals surface area (Å²) < 4.78 is 16.3. The summed E-state index contributed by atoms with van der Waals surface area (Å²) in [5, 5.41) is 4.11. The van der Waals surface area contributed by atoms with Gasteiger partial charge in [0, 0.05) is 12.8 Å². The minimum Gasteiger partial charge on any atom is -0.497 e. The predicted octanol–water partition coefficient (Wildman–Crippen LogP) is 2.74. The van der Waals surface area contributed by atoms with Crippen molar-refractivity contribution in [3.8, 4) is 17.2 Å². The minimum atomic E-state index is -0.421. The van der Waals surface area contributed by atoms with Crippen LogP contribution < -0.4 is 10.5 Å². The molecule has 0 radical (unpaired) electrons. The van der Waals surface area contributed by atoms with E-state index in [-0.39, 0.29) is 0 Å². The number of nitrogens with zero attached hydrogens (tertiary/aromatic N) is 2. The second kappa shape index (κ2) is 5.37. The lowest BCUT2D eigenvalue weighted by Gasteiger charge is -2.22. The van der Waals surface area contributed by atoms with Crippen LogP contribution in [0.3, 0.4) is 0 Å². The first-order valence-electron chi connectivity index (χ1n) is 7.02. The van der Waals surface area contributed by atoms with Gasteiger partial charge in [-0.25, -0.2) is 0 Å². The first-order valence-corrected chi connectivity index (χ1v) is 7.02. The van der Waals surface area contributed by atoms with Crippen LogP contribution in [-0.4, -0.2) is 24.4 Å². The lowest BCUT2D eigenvalue weighted by Crippen LogP contribution is -2.25. The SMILES string of the molecule is COc1ccc(N)c(-c2nc(C3(OC)CCCC3)no2)c1. The van der Waals surface area contributed by atoms with Crippen LogP contribution in [0.25, 0.3) is 11.5 Å². The number of nitrogens with two attached hydrogens (primary N) is 1. The molecule has 1 aliphatic rings. The molecule has 1 aromatic heterocycles. The quantitative estimate of drug-likeness (QED) is 0.871. The number of methoxy groups -OCH3 is 2. The summed E-state index contributed by atoms with van der Waals surface area (Å²) in [4.78, 5) is 4.50. The number of anilines is 1. The molecule has 1 aliphatic carbocycles. The highest BCUT2D eigenvalue weighted by Crippen LogP contribution is 2.41. The normalized spacial score (nSPS) is 17.0. The molecule has 0 aliphatic heterocycles. The van der Waals surface area contributed by atoms with E-state index in [1.54, 1.807) is 32.4 Å². The van der Waals surface area contributed by atoms with E-state index < -0.39 is 5.60 Å². The van der Waals surface area contributed by atoms with Gasteiger partial charge in [-0.3, -0.25) is 0 Å². The van der Waals surface area contributed by atoms with E-state index in [1.165, 1.54) is 0 Å². The fourth-order valence-electron chi connectivity index (χ4n) is 2.83. The summed E-state index contributed by atoms with van der Waals surface area (Å²) in [6.45, 7) is 0. The van der Waals surface area contributed by atoms with Crippen molar-refractivity contribution in [3.05, 3.63) is 24.0 Å². The monoisotopic (exact) mass is 289 g/mol. The molecule has 1 saturated carbocycles. The van der Waals surface area contributed by atoms with Crippen molar-refractivity contribution < 1.29 is 14.0 Å². The van der Waals surface area contributed by atoms with E-state index in [9.17, 15) is 0 Å². The maximum Gasteiger partial charge on any atom is 0.260 e. The van der Waals surface area contributed by atoms with E-state index in [1.807, 2.05) is 0 Å². The average Bonchev–Trinajstić information content (AvgIpc) is 3.17. The lowest BCUT2D eigenvalue weighted by atomic mass is 10.0. The zero-order valence-electron chi connectivity index (χ0n) is 12.3. The predicted molar refractivity (Wildman–Crippen MR) is 77.9 cm³/mol. The zero-order chi connectivity index (χ0) is 14.9. The molecule has 0 unspecified atom stereocenters. The van der Waals surface area contributed by atoms with Crippen LogP contribution in [0.5, 0.6) is 5.75 Å². The van der Waals surface area contributed by atoms with Gasteiger partial charge in [0.2, 0.25) is 5.82 Å². The molecule has 0 amide bonds. The maximum atomic E-state index is 5.99. The van der Waals surface area contributed by atoms with Gasteiger partial charge in [0.05, 0.1) is 12.7 Å². The number of hydrogen-bond acceptors (Lipinski definition) is 6. The summed E-state index contributed by atoms with van der Waals surface area (Å²) in [5.74, 6) is 1.69. The molecule has 2 aromatic rings. The number of nitrogen functional groups attached to an aromatic ring is 1. The van der Waals surface area contributed by atoms with E-state index in [4.69, 9.17) is 19.7 Å². The van der Waals surface area contributed by atoms with Crippen molar-refractivity contribution in [1.82, 2.24) is 10.1 Å². The van der Waals surface area contributed by atoms with E-state index in [0.717, 1.165) is 25.7 Å². The Morgan fingerprint density at radius 3 is 2.67 bits per heavy atom. The Hall–Kier alpha value is -2.08. The Bertz CT molecular complexity index is 633. The summed E-state index contributed by atoms with van der Waals surface area (Å²) in [5.41, 5.74) is 6.82. The Morgan fingerprint density at radius 2 is 2.00 bits per heavy atom. The van der Waals surface area contributed by atoms with Gasteiger partial charge in [0.1, 0.15) is 11.4 Å². The molecular formula is C15H19N3O3. The van der Waals surface area contributed by atoms with Crippen LogP contribution in [0.1, 0.15) is 31.5 Å². The van der Waals surface area contributed by atoms with Crippen molar-refractivity contribution in [2.75, 3.05) is 20.0 Å². The summed E-state index contributed by atoms with van der Waals surface area (Å²) in [6.07, 6.45) is 4.05. The molecule has 1 heterocycles. The van der Waals surface area contributed by atoms with Crippen LogP contribution in [-0.2, 0) is 10.3 Å². The molecule has 0 spiro atoms. The molecule has 0 atom stereocenters. The number of ether oxygens (including phenoxy) is 2. The number of rotatable bonds is 4. The molecule has 21 heavy (non-hydrogen) atoms. The standard InChI is InChI=1S/C15H19N3O3/c1-19-10-5-6-12(16)11(9-10)13-17-14(18-21-13)15(20-2)7-3-4-8-15/h5-6,9H,3-4,7-8,16H2,1-2H3. The van der Waals surface area contributed by atoms with Gasteiger partial charge in [-0.15, -0.1) is 0 Å². The maximum absolute atomic E-state index is 5.99. The zero-order valence-corrected chi connectivity index (χ0v) is 12.3. The van der Waals surface area contributed by atoms with Crippen molar-refractivity contribution in [1.29, 1.82) is 0 Å². The topological polar surface area (TPSA) is 83.4 Å². The number of benzene rings is 1. The van der Waals surface area contributed by atoms with Crippen LogP contribution in [0.15, 0.2) is 22.7 Å². The highest BCUT2D eigenvalue weighted by atomic mass is 16.5. The Morgan fingerprint density at radius 1 is 1.24 bits per heavy atom. The molecule has 2 N–H and O–H groups in total.